The number of halogens is 1. The van der Waals surface area contributed by atoms with Crippen LogP contribution in [0.5, 0.6) is 0 Å². The van der Waals surface area contributed by atoms with Gasteiger partial charge in [0.15, 0.2) is 0 Å². The molecule has 0 fully saturated rings. The molecule has 17 heavy (non-hydrogen) atoms. The zero-order valence-corrected chi connectivity index (χ0v) is 9.99. The Morgan fingerprint density at radius 1 is 1.29 bits per heavy atom. The number of hydrogen-bond donors (Lipinski definition) is 1. The van der Waals surface area contributed by atoms with E-state index in [1.165, 1.54) is 6.20 Å². The average Bonchev–Trinajstić information content (AvgIpc) is 2.36. The third kappa shape index (κ3) is 2.55. The van der Waals surface area contributed by atoms with Crippen LogP contribution in [0.1, 0.15) is 11.1 Å². The van der Waals surface area contributed by atoms with Gasteiger partial charge in [-0.3, -0.25) is 0 Å². The van der Waals surface area contributed by atoms with E-state index in [4.69, 9.17) is 16.9 Å². The second kappa shape index (κ2) is 4.86. The Morgan fingerprint density at radius 2 is 2.12 bits per heavy atom. The number of benzene rings is 1. The Balaban J connectivity index is 2.26. The Hall–Kier alpha value is -2.05. The first-order chi connectivity index (χ1) is 8.20. The number of aromatic nitrogens is 1. The third-order valence-corrected chi connectivity index (χ3v) is 2.83. The van der Waals surface area contributed by atoms with Crippen molar-refractivity contribution in [1.29, 1.82) is 5.26 Å². The SMILES string of the molecule is Cc1c(Cl)cccc1Nc1ccc(C#N)cn1. The minimum Gasteiger partial charge on any atom is -0.340 e. The fraction of sp³-hybridized carbons (Fsp3) is 0.0769. The lowest BCUT2D eigenvalue weighted by atomic mass is 10.2. The number of nitriles is 1. The van der Waals surface area contributed by atoms with Gasteiger partial charge in [-0.25, -0.2) is 4.98 Å². The van der Waals surface area contributed by atoms with Crippen LogP contribution >= 0.6 is 11.6 Å². The lowest BCUT2D eigenvalue weighted by Gasteiger charge is -2.09. The zero-order valence-electron chi connectivity index (χ0n) is 9.24. The van der Waals surface area contributed by atoms with Crippen LogP contribution < -0.4 is 5.32 Å². The van der Waals surface area contributed by atoms with Gasteiger partial charge in [0, 0.05) is 16.9 Å². The summed E-state index contributed by atoms with van der Waals surface area (Å²) in [6.45, 7) is 1.94. The van der Waals surface area contributed by atoms with Crippen LogP contribution in [0.2, 0.25) is 5.02 Å². The second-order valence-electron chi connectivity index (χ2n) is 3.58. The molecule has 1 N–H and O–H groups in total. The fourth-order valence-electron chi connectivity index (χ4n) is 1.41. The molecule has 0 bridgehead atoms. The predicted molar refractivity (Wildman–Crippen MR) is 68.4 cm³/mol. The molecule has 0 atom stereocenters. The molecule has 2 rings (SSSR count). The molecule has 0 unspecified atom stereocenters. The van der Waals surface area contributed by atoms with Crippen LogP contribution in [-0.2, 0) is 0 Å². The van der Waals surface area contributed by atoms with Crippen molar-refractivity contribution >= 4 is 23.1 Å². The van der Waals surface area contributed by atoms with Crippen molar-refractivity contribution in [1.82, 2.24) is 4.98 Å². The Kier molecular flexibility index (Phi) is 3.27. The summed E-state index contributed by atoms with van der Waals surface area (Å²) in [5, 5.41) is 12.5. The van der Waals surface area contributed by atoms with E-state index in [2.05, 4.69) is 10.3 Å². The summed E-state index contributed by atoms with van der Waals surface area (Å²) in [6, 6.07) is 11.2. The molecule has 0 saturated heterocycles. The first-order valence-corrected chi connectivity index (χ1v) is 5.47. The highest BCUT2D eigenvalue weighted by molar-refractivity contribution is 6.31. The van der Waals surface area contributed by atoms with E-state index in [0.717, 1.165) is 11.3 Å². The normalized spacial score (nSPS) is 9.71. The van der Waals surface area contributed by atoms with Gasteiger partial charge in [-0.05, 0) is 36.8 Å². The lowest BCUT2D eigenvalue weighted by Crippen LogP contribution is -1.95. The van der Waals surface area contributed by atoms with Crippen molar-refractivity contribution in [3.63, 3.8) is 0 Å². The Morgan fingerprint density at radius 3 is 2.76 bits per heavy atom. The van der Waals surface area contributed by atoms with Crippen LogP contribution in [0, 0.1) is 18.3 Å². The predicted octanol–water partition coefficient (Wildman–Crippen LogP) is 3.66. The molecule has 1 heterocycles. The first kappa shape index (κ1) is 11.4. The maximum Gasteiger partial charge on any atom is 0.130 e. The standard InChI is InChI=1S/C13H10ClN3/c1-9-11(14)3-2-4-12(9)17-13-6-5-10(7-15)8-16-13/h2-6,8H,1H3,(H,16,17). The van der Waals surface area contributed by atoms with Gasteiger partial charge in [0.2, 0.25) is 0 Å². The van der Waals surface area contributed by atoms with Crippen LogP contribution in [0.25, 0.3) is 0 Å². The van der Waals surface area contributed by atoms with Crippen molar-refractivity contribution < 1.29 is 0 Å². The maximum atomic E-state index is 8.67. The van der Waals surface area contributed by atoms with Gasteiger partial charge in [-0.2, -0.15) is 5.26 Å². The Labute approximate surface area is 105 Å². The van der Waals surface area contributed by atoms with Gasteiger partial charge >= 0.3 is 0 Å². The minimum atomic E-state index is 0.540. The molecule has 0 aliphatic heterocycles. The van der Waals surface area contributed by atoms with E-state index < -0.39 is 0 Å². The quantitative estimate of drug-likeness (QED) is 0.876. The molecular formula is C13H10ClN3. The number of hydrogen-bond acceptors (Lipinski definition) is 3. The number of pyridine rings is 1. The highest BCUT2D eigenvalue weighted by atomic mass is 35.5. The molecule has 0 radical (unpaired) electrons. The van der Waals surface area contributed by atoms with E-state index in [-0.39, 0.29) is 0 Å². The first-order valence-electron chi connectivity index (χ1n) is 5.09. The molecule has 0 spiro atoms. The molecule has 1 aromatic carbocycles. The molecule has 0 amide bonds. The summed E-state index contributed by atoms with van der Waals surface area (Å²) in [4.78, 5) is 4.14. The maximum absolute atomic E-state index is 8.67. The summed E-state index contributed by atoms with van der Waals surface area (Å²) >= 11 is 6.02. The van der Waals surface area contributed by atoms with Crippen LogP contribution in [0.4, 0.5) is 11.5 Å². The van der Waals surface area contributed by atoms with Gasteiger partial charge < -0.3 is 5.32 Å². The van der Waals surface area contributed by atoms with E-state index in [1.54, 1.807) is 12.1 Å². The fourth-order valence-corrected chi connectivity index (χ4v) is 1.59. The Bertz CT molecular complexity index is 570. The number of rotatable bonds is 2. The number of anilines is 2. The molecule has 0 saturated carbocycles. The topological polar surface area (TPSA) is 48.7 Å². The van der Waals surface area contributed by atoms with Gasteiger partial charge in [0.1, 0.15) is 11.9 Å². The lowest BCUT2D eigenvalue weighted by molar-refractivity contribution is 1.28. The number of nitrogens with one attached hydrogen (secondary N) is 1. The molecular weight excluding hydrogens is 234 g/mol. The van der Waals surface area contributed by atoms with Crippen LogP contribution in [-0.4, -0.2) is 4.98 Å². The third-order valence-electron chi connectivity index (χ3n) is 2.42. The van der Waals surface area contributed by atoms with Gasteiger partial charge in [0.25, 0.3) is 0 Å². The van der Waals surface area contributed by atoms with E-state index >= 15 is 0 Å². The molecule has 3 nitrogen and oxygen atoms in total. The monoisotopic (exact) mass is 243 g/mol. The summed E-state index contributed by atoms with van der Waals surface area (Å²) < 4.78 is 0. The van der Waals surface area contributed by atoms with Crippen molar-refractivity contribution in [2.75, 3.05) is 5.32 Å². The summed E-state index contributed by atoms with van der Waals surface area (Å²) in [6.07, 6.45) is 1.53. The second-order valence-corrected chi connectivity index (χ2v) is 3.99. The van der Waals surface area contributed by atoms with Crippen molar-refractivity contribution in [2.24, 2.45) is 0 Å². The van der Waals surface area contributed by atoms with Gasteiger partial charge in [0.05, 0.1) is 5.56 Å². The molecule has 4 heteroatoms. The van der Waals surface area contributed by atoms with Gasteiger partial charge in [-0.1, -0.05) is 17.7 Å². The number of nitrogens with zero attached hydrogens (tertiary/aromatic N) is 2. The summed E-state index contributed by atoms with van der Waals surface area (Å²) in [5.41, 5.74) is 2.42. The summed E-state index contributed by atoms with van der Waals surface area (Å²) in [5.74, 6) is 0.689. The molecule has 0 aliphatic carbocycles. The largest absolute Gasteiger partial charge is 0.340 e. The highest BCUT2D eigenvalue weighted by Crippen LogP contribution is 2.25. The van der Waals surface area contributed by atoms with Gasteiger partial charge in [-0.15, -0.1) is 0 Å². The molecule has 1 aromatic heterocycles. The van der Waals surface area contributed by atoms with E-state index in [1.807, 2.05) is 31.2 Å². The average molecular weight is 244 g/mol. The smallest absolute Gasteiger partial charge is 0.130 e. The highest BCUT2D eigenvalue weighted by Gasteiger charge is 2.02. The molecule has 2 aromatic rings. The van der Waals surface area contributed by atoms with Crippen molar-refractivity contribution in [2.45, 2.75) is 6.92 Å². The molecule has 0 aliphatic rings. The summed E-state index contributed by atoms with van der Waals surface area (Å²) in [7, 11) is 0. The van der Waals surface area contributed by atoms with Crippen molar-refractivity contribution in [3.8, 4) is 6.07 Å². The zero-order chi connectivity index (χ0) is 12.3. The molecule has 84 valence electrons. The van der Waals surface area contributed by atoms with E-state index in [0.29, 0.717) is 16.4 Å². The van der Waals surface area contributed by atoms with Crippen LogP contribution in [0.15, 0.2) is 36.5 Å². The minimum absolute atomic E-state index is 0.540. The van der Waals surface area contributed by atoms with Crippen LogP contribution in [0.3, 0.4) is 0 Å². The van der Waals surface area contributed by atoms with Crippen molar-refractivity contribution in [3.05, 3.63) is 52.7 Å². The van der Waals surface area contributed by atoms with E-state index in [9.17, 15) is 0 Å².